The van der Waals surface area contributed by atoms with Crippen LogP contribution < -0.4 is 5.32 Å². The molecular formula is C21H25N3O3. The van der Waals surface area contributed by atoms with E-state index >= 15 is 0 Å². The average Bonchev–Trinajstić information content (AvgIpc) is 2.70. The Bertz CT molecular complexity index is 771. The van der Waals surface area contributed by atoms with Crippen LogP contribution >= 0.6 is 0 Å². The lowest BCUT2D eigenvalue weighted by molar-refractivity contribution is 0.0527. The molecule has 2 aromatic rings. The highest BCUT2D eigenvalue weighted by molar-refractivity contribution is 6.00. The lowest BCUT2D eigenvalue weighted by atomic mass is 10.2. The van der Waals surface area contributed by atoms with Crippen LogP contribution in [0, 0.1) is 0 Å². The molecule has 0 radical (unpaired) electrons. The Kier molecular flexibility index (Phi) is 6.44. The number of hydrogen-bond donors (Lipinski definition) is 1. The topological polar surface area (TPSA) is 61.9 Å². The normalized spacial score (nSPS) is 14.6. The van der Waals surface area contributed by atoms with Crippen LogP contribution in [0.15, 0.2) is 54.6 Å². The minimum atomic E-state index is -0.430. The van der Waals surface area contributed by atoms with Crippen LogP contribution in [0.2, 0.25) is 0 Å². The summed E-state index contributed by atoms with van der Waals surface area (Å²) in [5.74, 6) is -0.430. The van der Waals surface area contributed by atoms with Crippen molar-refractivity contribution in [3.63, 3.8) is 0 Å². The highest BCUT2D eigenvalue weighted by Crippen LogP contribution is 2.17. The first-order valence-electron chi connectivity index (χ1n) is 9.25. The number of benzene rings is 2. The maximum Gasteiger partial charge on any atom is 0.340 e. The number of nitrogens with zero attached hydrogens (tertiary/aromatic N) is 2. The van der Waals surface area contributed by atoms with E-state index < -0.39 is 5.97 Å². The van der Waals surface area contributed by atoms with E-state index in [0.717, 1.165) is 19.6 Å². The van der Waals surface area contributed by atoms with E-state index in [1.54, 1.807) is 36.1 Å². The Morgan fingerprint density at radius 3 is 2.33 bits per heavy atom. The zero-order chi connectivity index (χ0) is 19.1. The number of esters is 1. The molecule has 1 fully saturated rings. The Morgan fingerprint density at radius 2 is 1.63 bits per heavy atom. The molecule has 0 spiro atoms. The lowest BCUT2D eigenvalue weighted by Crippen LogP contribution is -2.49. The number of ether oxygens (including phenoxy) is 1. The first-order chi connectivity index (χ1) is 13.2. The van der Waals surface area contributed by atoms with Gasteiger partial charge in [-0.05, 0) is 24.6 Å². The molecule has 6 nitrogen and oxygen atoms in total. The van der Waals surface area contributed by atoms with Gasteiger partial charge < -0.3 is 15.0 Å². The van der Waals surface area contributed by atoms with E-state index in [-0.39, 0.29) is 6.03 Å². The maximum atomic E-state index is 12.6. The van der Waals surface area contributed by atoms with Crippen molar-refractivity contribution >= 4 is 17.7 Å². The second kappa shape index (κ2) is 9.19. The number of amides is 2. The molecule has 1 N–H and O–H groups in total. The number of carbonyl (C=O) groups is 2. The number of urea groups is 1. The minimum absolute atomic E-state index is 0.189. The molecule has 0 atom stereocenters. The molecule has 0 unspecified atom stereocenters. The Labute approximate surface area is 159 Å². The molecule has 0 bridgehead atoms. The van der Waals surface area contributed by atoms with Gasteiger partial charge in [-0.1, -0.05) is 42.5 Å². The van der Waals surface area contributed by atoms with Crippen molar-refractivity contribution < 1.29 is 14.3 Å². The first kappa shape index (κ1) is 18.9. The van der Waals surface area contributed by atoms with Crippen LogP contribution in [0.5, 0.6) is 0 Å². The summed E-state index contributed by atoms with van der Waals surface area (Å²) in [4.78, 5) is 28.8. The van der Waals surface area contributed by atoms with Gasteiger partial charge in [0.2, 0.25) is 0 Å². The SMILES string of the molecule is CCOC(=O)c1ccccc1NC(=O)N1CCN(Cc2ccccc2)CC1. The summed E-state index contributed by atoms with van der Waals surface area (Å²) >= 11 is 0. The maximum absolute atomic E-state index is 12.6. The highest BCUT2D eigenvalue weighted by Gasteiger charge is 2.22. The molecule has 1 aliphatic heterocycles. The van der Waals surface area contributed by atoms with Crippen LogP contribution in [-0.2, 0) is 11.3 Å². The summed E-state index contributed by atoms with van der Waals surface area (Å²) in [6.07, 6.45) is 0. The van der Waals surface area contributed by atoms with Gasteiger partial charge in [0, 0.05) is 32.7 Å². The number of rotatable bonds is 5. The van der Waals surface area contributed by atoms with E-state index in [1.165, 1.54) is 5.56 Å². The summed E-state index contributed by atoms with van der Waals surface area (Å²) in [5.41, 5.74) is 2.13. The molecule has 0 saturated carbocycles. The van der Waals surface area contributed by atoms with Crippen molar-refractivity contribution in [1.82, 2.24) is 9.80 Å². The van der Waals surface area contributed by atoms with Crippen LogP contribution in [0.1, 0.15) is 22.8 Å². The van der Waals surface area contributed by atoms with Gasteiger partial charge in [0.15, 0.2) is 0 Å². The fraction of sp³-hybridized carbons (Fsp3) is 0.333. The number of hydrogen-bond acceptors (Lipinski definition) is 4. The molecule has 0 aromatic heterocycles. The third-order valence-corrected chi connectivity index (χ3v) is 4.57. The standard InChI is InChI=1S/C21H25N3O3/c1-2-27-20(25)18-10-6-7-11-19(18)22-21(26)24-14-12-23(13-15-24)16-17-8-4-3-5-9-17/h3-11H,2,12-16H2,1H3,(H,22,26). The van der Waals surface area contributed by atoms with Crippen molar-refractivity contribution in [2.75, 3.05) is 38.1 Å². The summed E-state index contributed by atoms with van der Waals surface area (Å²) in [6.45, 7) is 5.89. The smallest absolute Gasteiger partial charge is 0.340 e. The lowest BCUT2D eigenvalue weighted by Gasteiger charge is -2.34. The average molecular weight is 367 g/mol. The van der Waals surface area contributed by atoms with Gasteiger partial charge in [-0.15, -0.1) is 0 Å². The van der Waals surface area contributed by atoms with E-state index in [1.807, 2.05) is 18.2 Å². The van der Waals surface area contributed by atoms with Crippen LogP contribution in [0.25, 0.3) is 0 Å². The molecule has 2 amide bonds. The molecule has 0 aliphatic carbocycles. The third-order valence-electron chi connectivity index (χ3n) is 4.57. The third kappa shape index (κ3) is 5.08. The number of anilines is 1. The molecular weight excluding hydrogens is 342 g/mol. The largest absolute Gasteiger partial charge is 0.462 e. The zero-order valence-corrected chi connectivity index (χ0v) is 15.6. The number of nitrogens with one attached hydrogen (secondary N) is 1. The van der Waals surface area contributed by atoms with Crippen molar-refractivity contribution in [3.05, 3.63) is 65.7 Å². The summed E-state index contributed by atoms with van der Waals surface area (Å²) in [6, 6.07) is 17.1. The molecule has 3 rings (SSSR count). The minimum Gasteiger partial charge on any atom is -0.462 e. The zero-order valence-electron chi connectivity index (χ0n) is 15.6. The van der Waals surface area contributed by atoms with Gasteiger partial charge >= 0.3 is 12.0 Å². The summed E-state index contributed by atoms with van der Waals surface area (Å²) in [7, 11) is 0. The number of para-hydroxylation sites is 1. The highest BCUT2D eigenvalue weighted by atomic mass is 16.5. The fourth-order valence-corrected chi connectivity index (χ4v) is 3.12. The van der Waals surface area contributed by atoms with Gasteiger partial charge in [0.25, 0.3) is 0 Å². The van der Waals surface area contributed by atoms with Crippen molar-refractivity contribution in [2.45, 2.75) is 13.5 Å². The second-order valence-corrected chi connectivity index (χ2v) is 6.45. The first-order valence-corrected chi connectivity index (χ1v) is 9.25. The van der Waals surface area contributed by atoms with E-state index in [9.17, 15) is 9.59 Å². The Hall–Kier alpha value is -2.86. The Balaban J connectivity index is 1.55. The molecule has 1 heterocycles. The number of piperazine rings is 1. The van der Waals surface area contributed by atoms with E-state index in [0.29, 0.717) is 30.9 Å². The van der Waals surface area contributed by atoms with Crippen molar-refractivity contribution in [3.8, 4) is 0 Å². The summed E-state index contributed by atoms with van der Waals surface area (Å²) in [5, 5.41) is 2.85. The molecule has 142 valence electrons. The fourth-order valence-electron chi connectivity index (χ4n) is 3.12. The van der Waals surface area contributed by atoms with E-state index in [2.05, 4.69) is 22.3 Å². The van der Waals surface area contributed by atoms with Gasteiger partial charge in [-0.25, -0.2) is 9.59 Å². The van der Waals surface area contributed by atoms with Crippen LogP contribution in [0.4, 0.5) is 10.5 Å². The molecule has 1 aliphatic rings. The molecule has 6 heteroatoms. The van der Waals surface area contributed by atoms with Crippen LogP contribution in [-0.4, -0.2) is 54.6 Å². The molecule has 27 heavy (non-hydrogen) atoms. The van der Waals surface area contributed by atoms with Crippen molar-refractivity contribution in [2.24, 2.45) is 0 Å². The second-order valence-electron chi connectivity index (χ2n) is 6.45. The quantitative estimate of drug-likeness (QED) is 0.825. The molecule has 1 saturated heterocycles. The van der Waals surface area contributed by atoms with Crippen LogP contribution in [0.3, 0.4) is 0 Å². The summed E-state index contributed by atoms with van der Waals surface area (Å²) < 4.78 is 5.06. The molecule has 2 aromatic carbocycles. The monoisotopic (exact) mass is 367 g/mol. The van der Waals surface area contributed by atoms with Crippen molar-refractivity contribution in [1.29, 1.82) is 0 Å². The Morgan fingerprint density at radius 1 is 0.963 bits per heavy atom. The van der Waals surface area contributed by atoms with E-state index in [4.69, 9.17) is 4.74 Å². The van der Waals surface area contributed by atoms with Gasteiger partial charge in [-0.3, -0.25) is 4.90 Å². The van der Waals surface area contributed by atoms with Gasteiger partial charge in [0.05, 0.1) is 17.9 Å². The van der Waals surface area contributed by atoms with Gasteiger partial charge in [0.1, 0.15) is 0 Å². The van der Waals surface area contributed by atoms with Gasteiger partial charge in [-0.2, -0.15) is 0 Å². The predicted octanol–water partition coefficient (Wildman–Crippen LogP) is 3.21. The number of carbonyl (C=O) groups excluding carboxylic acids is 2. The predicted molar refractivity (Wildman–Crippen MR) is 105 cm³/mol.